The second-order valence-electron chi connectivity index (χ2n) is 5.40. The summed E-state index contributed by atoms with van der Waals surface area (Å²) in [5, 5.41) is 0. The molecule has 1 aromatic rings. The van der Waals surface area contributed by atoms with E-state index in [1.54, 1.807) is 0 Å². The minimum atomic E-state index is -0.0661. The monoisotopic (exact) mass is 262 g/mol. The zero-order valence-electron chi connectivity index (χ0n) is 11.8. The Labute approximate surface area is 114 Å². The van der Waals surface area contributed by atoms with E-state index >= 15 is 0 Å². The van der Waals surface area contributed by atoms with E-state index < -0.39 is 0 Å². The maximum absolute atomic E-state index is 12.5. The van der Waals surface area contributed by atoms with Gasteiger partial charge in [-0.15, -0.1) is 0 Å². The summed E-state index contributed by atoms with van der Waals surface area (Å²) in [5.74, 6) is 0.0701. The van der Waals surface area contributed by atoms with Crippen LogP contribution in [0.25, 0.3) is 0 Å². The van der Waals surface area contributed by atoms with Gasteiger partial charge in [0.05, 0.1) is 12.7 Å². The summed E-state index contributed by atoms with van der Waals surface area (Å²) >= 11 is 0. The molecule has 2 rings (SSSR count). The standard InChI is InChI=1S/C15H22N2O2/c1-10-6-11(2)8-13(7-10)15(18)17-4-5-19-14(9-17)12(3)16/h6-8,12,14H,4-5,9,16H2,1-3H3. The van der Waals surface area contributed by atoms with Crippen molar-refractivity contribution >= 4 is 5.91 Å². The van der Waals surface area contributed by atoms with Crippen LogP contribution in [0.4, 0.5) is 0 Å². The summed E-state index contributed by atoms with van der Waals surface area (Å²) in [4.78, 5) is 14.3. The van der Waals surface area contributed by atoms with Crippen molar-refractivity contribution in [2.75, 3.05) is 19.7 Å². The molecule has 0 radical (unpaired) electrons. The fourth-order valence-electron chi connectivity index (χ4n) is 2.46. The minimum Gasteiger partial charge on any atom is -0.373 e. The van der Waals surface area contributed by atoms with E-state index in [9.17, 15) is 4.79 Å². The molecule has 2 atom stereocenters. The number of nitrogens with zero attached hydrogens (tertiary/aromatic N) is 1. The van der Waals surface area contributed by atoms with Crippen LogP contribution in [0, 0.1) is 13.8 Å². The number of benzene rings is 1. The SMILES string of the molecule is Cc1cc(C)cc(C(=O)N2CCOC(C(C)N)C2)c1. The van der Waals surface area contributed by atoms with Gasteiger partial charge < -0.3 is 15.4 Å². The number of aryl methyl sites for hydroxylation is 2. The summed E-state index contributed by atoms with van der Waals surface area (Å²) in [7, 11) is 0. The Bertz CT molecular complexity index is 451. The van der Waals surface area contributed by atoms with Crippen molar-refractivity contribution in [2.45, 2.75) is 32.9 Å². The molecular formula is C15H22N2O2. The van der Waals surface area contributed by atoms with Gasteiger partial charge in [0, 0.05) is 24.7 Å². The Morgan fingerprint density at radius 3 is 2.58 bits per heavy atom. The topological polar surface area (TPSA) is 55.6 Å². The quantitative estimate of drug-likeness (QED) is 0.878. The van der Waals surface area contributed by atoms with Crippen molar-refractivity contribution in [3.63, 3.8) is 0 Å². The zero-order valence-corrected chi connectivity index (χ0v) is 11.8. The van der Waals surface area contributed by atoms with E-state index in [0.29, 0.717) is 19.7 Å². The lowest BCUT2D eigenvalue weighted by atomic mass is 10.1. The smallest absolute Gasteiger partial charge is 0.254 e. The number of morpholine rings is 1. The van der Waals surface area contributed by atoms with Gasteiger partial charge in [-0.25, -0.2) is 0 Å². The Morgan fingerprint density at radius 2 is 2.00 bits per heavy atom. The average Bonchev–Trinajstić information content (AvgIpc) is 2.37. The molecule has 1 aromatic carbocycles. The molecule has 1 aliphatic heterocycles. The molecule has 0 aliphatic carbocycles. The number of carbonyl (C=O) groups is 1. The second-order valence-corrected chi connectivity index (χ2v) is 5.40. The lowest BCUT2D eigenvalue weighted by Gasteiger charge is -2.34. The summed E-state index contributed by atoms with van der Waals surface area (Å²) in [5.41, 5.74) is 8.83. The van der Waals surface area contributed by atoms with Crippen LogP contribution in [0.15, 0.2) is 18.2 Å². The first-order chi connectivity index (χ1) is 8.97. The Kier molecular flexibility index (Phi) is 4.22. The van der Waals surface area contributed by atoms with E-state index in [2.05, 4.69) is 6.07 Å². The minimum absolute atomic E-state index is 0.0603. The second kappa shape index (κ2) is 5.72. The highest BCUT2D eigenvalue weighted by Gasteiger charge is 2.27. The van der Waals surface area contributed by atoms with Gasteiger partial charge in [0.1, 0.15) is 0 Å². The van der Waals surface area contributed by atoms with Crippen LogP contribution in [-0.4, -0.2) is 42.6 Å². The summed E-state index contributed by atoms with van der Waals surface area (Å²) < 4.78 is 5.58. The van der Waals surface area contributed by atoms with E-state index in [4.69, 9.17) is 10.5 Å². The van der Waals surface area contributed by atoms with Crippen LogP contribution in [0.2, 0.25) is 0 Å². The fraction of sp³-hybridized carbons (Fsp3) is 0.533. The molecule has 1 saturated heterocycles. The van der Waals surface area contributed by atoms with Gasteiger partial charge in [-0.3, -0.25) is 4.79 Å². The van der Waals surface area contributed by atoms with Gasteiger partial charge >= 0.3 is 0 Å². The molecular weight excluding hydrogens is 240 g/mol. The van der Waals surface area contributed by atoms with Crippen molar-refractivity contribution in [3.05, 3.63) is 34.9 Å². The summed E-state index contributed by atoms with van der Waals surface area (Å²) in [6.07, 6.45) is -0.0661. The molecule has 2 unspecified atom stereocenters. The van der Waals surface area contributed by atoms with Gasteiger partial charge in [-0.05, 0) is 32.9 Å². The molecule has 1 amide bonds. The van der Waals surface area contributed by atoms with Crippen LogP contribution in [0.3, 0.4) is 0 Å². The van der Waals surface area contributed by atoms with Gasteiger partial charge in [0.25, 0.3) is 5.91 Å². The van der Waals surface area contributed by atoms with E-state index in [0.717, 1.165) is 16.7 Å². The number of hydrogen-bond acceptors (Lipinski definition) is 3. The third-order valence-electron chi connectivity index (χ3n) is 3.44. The molecule has 0 spiro atoms. The van der Waals surface area contributed by atoms with Gasteiger partial charge in [-0.1, -0.05) is 17.2 Å². The van der Waals surface area contributed by atoms with Crippen LogP contribution in [-0.2, 0) is 4.74 Å². The van der Waals surface area contributed by atoms with Crippen molar-refractivity contribution in [1.82, 2.24) is 4.90 Å². The van der Waals surface area contributed by atoms with Crippen molar-refractivity contribution in [2.24, 2.45) is 5.73 Å². The highest BCUT2D eigenvalue weighted by atomic mass is 16.5. The third kappa shape index (κ3) is 3.33. The average molecular weight is 262 g/mol. The number of ether oxygens (including phenoxy) is 1. The predicted molar refractivity (Wildman–Crippen MR) is 75.2 cm³/mol. The molecule has 0 aromatic heterocycles. The normalized spacial score (nSPS) is 21.3. The first-order valence-corrected chi connectivity index (χ1v) is 6.72. The maximum Gasteiger partial charge on any atom is 0.254 e. The Balaban J connectivity index is 2.14. The van der Waals surface area contributed by atoms with Gasteiger partial charge in [-0.2, -0.15) is 0 Å². The molecule has 0 bridgehead atoms. The highest BCUT2D eigenvalue weighted by Crippen LogP contribution is 2.15. The Hall–Kier alpha value is -1.39. The van der Waals surface area contributed by atoms with E-state index in [-0.39, 0.29) is 18.1 Å². The van der Waals surface area contributed by atoms with Gasteiger partial charge in [0.2, 0.25) is 0 Å². The fourth-order valence-corrected chi connectivity index (χ4v) is 2.46. The molecule has 19 heavy (non-hydrogen) atoms. The van der Waals surface area contributed by atoms with Crippen LogP contribution < -0.4 is 5.73 Å². The lowest BCUT2D eigenvalue weighted by Crippen LogP contribution is -2.51. The van der Waals surface area contributed by atoms with E-state index in [1.807, 2.05) is 37.8 Å². The molecule has 4 nitrogen and oxygen atoms in total. The third-order valence-corrected chi connectivity index (χ3v) is 3.44. The highest BCUT2D eigenvalue weighted by molar-refractivity contribution is 5.94. The first kappa shape index (κ1) is 14.0. The molecule has 1 fully saturated rings. The number of amides is 1. The maximum atomic E-state index is 12.5. The zero-order chi connectivity index (χ0) is 14.0. The lowest BCUT2D eigenvalue weighted by molar-refractivity contribution is -0.0300. The van der Waals surface area contributed by atoms with Crippen LogP contribution in [0.1, 0.15) is 28.4 Å². The van der Waals surface area contributed by atoms with Crippen molar-refractivity contribution in [3.8, 4) is 0 Å². The number of hydrogen-bond donors (Lipinski definition) is 1. The van der Waals surface area contributed by atoms with Gasteiger partial charge in [0.15, 0.2) is 0 Å². The molecule has 104 valence electrons. The summed E-state index contributed by atoms with van der Waals surface area (Å²) in [6.45, 7) is 7.69. The molecule has 1 aliphatic rings. The largest absolute Gasteiger partial charge is 0.373 e. The Morgan fingerprint density at radius 1 is 1.37 bits per heavy atom. The van der Waals surface area contributed by atoms with Crippen molar-refractivity contribution in [1.29, 1.82) is 0 Å². The van der Waals surface area contributed by atoms with Crippen LogP contribution in [0.5, 0.6) is 0 Å². The molecule has 4 heteroatoms. The molecule has 0 saturated carbocycles. The number of nitrogens with two attached hydrogens (primary N) is 1. The molecule has 1 heterocycles. The van der Waals surface area contributed by atoms with Crippen LogP contribution >= 0.6 is 0 Å². The molecule has 2 N–H and O–H groups in total. The predicted octanol–water partition coefficient (Wildman–Crippen LogP) is 1.49. The number of rotatable bonds is 2. The van der Waals surface area contributed by atoms with E-state index in [1.165, 1.54) is 0 Å². The summed E-state index contributed by atoms with van der Waals surface area (Å²) in [6, 6.07) is 5.88. The number of carbonyl (C=O) groups excluding carboxylic acids is 1. The van der Waals surface area contributed by atoms with Crippen molar-refractivity contribution < 1.29 is 9.53 Å². The first-order valence-electron chi connectivity index (χ1n) is 6.72.